The van der Waals surface area contributed by atoms with Crippen LogP contribution < -0.4 is 0 Å². The molecule has 0 bridgehead atoms. The molecule has 1 N–H and O–H groups in total. The number of amides is 1. The summed E-state index contributed by atoms with van der Waals surface area (Å²) in [4.78, 5) is 27.9. The summed E-state index contributed by atoms with van der Waals surface area (Å²) in [6.07, 6.45) is -2.69. The normalized spacial score (nSPS) is 11.6. The van der Waals surface area contributed by atoms with Crippen molar-refractivity contribution in [2.75, 3.05) is 6.54 Å². The van der Waals surface area contributed by atoms with Crippen LogP contribution in [-0.2, 0) is 11.0 Å². The van der Waals surface area contributed by atoms with Crippen molar-refractivity contribution < 1.29 is 27.9 Å². The molecule has 0 saturated carbocycles. The lowest BCUT2D eigenvalue weighted by Gasteiger charge is -2.23. The number of rotatable bonds is 5. The Hall–Kier alpha value is -2.98. The number of pyridine rings is 1. The van der Waals surface area contributed by atoms with Crippen molar-refractivity contribution in [1.82, 2.24) is 24.9 Å². The Morgan fingerprint density at radius 3 is 2.48 bits per heavy atom. The van der Waals surface area contributed by atoms with Crippen LogP contribution in [0.3, 0.4) is 0 Å². The van der Waals surface area contributed by atoms with Crippen molar-refractivity contribution >= 4 is 11.9 Å². The van der Waals surface area contributed by atoms with Gasteiger partial charge < -0.3 is 10.0 Å². The Kier molecular flexibility index (Phi) is 5.04. The highest BCUT2D eigenvalue weighted by Crippen LogP contribution is 2.28. The SMILES string of the molecule is CC(C)N(CC(=O)O)C(=O)c1cn(-c2ccc(C(F)(F)F)cn2)nn1. The van der Waals surface area contributed by atoms with Crippen LogP contribution in [0.25, 0.3) is 5.82 Å². The van der Waals surface area contributed by atoms with Gasteiger partial charge >= 0.3 is 12.1 Å². The highest BCUT2D eigenvalue weighted by atomic mass is 19.4. The molecule has 0 aromatic carbocycles. The van der Waals surface area contributed by atoms with E-state index in [2.05, 4.69) is 15.3 Å². The number of carboxylic acid groups (broad SMARTS) is 1. The minimum atomic E-state index is -4.51. The first-order valence-corrected chi connectivity index (χ1v) is 7.08. The van der Waals surface area contributed by atoms with Crippen LogP contribution in [0.4, 0.5) is 13.2 Å². The highest BCUT2D eigenvalue weighted by Gasteiger charge is 2.31. The summed E-state index contributed by atoms with van der Waals surface area (Å²) in [5.74, 6) is -1.80. The zero-order valence-corrected chi connectivity index (χ0v) is 13.2. The fraction of sp³-hybridized carbons (Fsp3) is 0.357. The molecule has 2 aromatic heterocycles. The van der Waals surface area contributed by atoms with Crippen LogP contribution >= 0.6 is 0 Å². The van der Waals surface area contributed by atoms with E-state index in [1.54, 1.807) is 13.8 Å². The summed E-state index contributed by atoms with van der Waals surface area (Å²) in [6.45, 7) is 2.77. The largest absolute Gasteiger partial charge is 0.480 e. The number of aromatic nitrogens is 4. The van der Waals surface area contributed by atoms with Gasteiger partial charge in [-0.1, -0.05) is 5.21 Å². The minimum Gasteiger partial charge on any atom is -0.480 e. The van der Waals surface area contributed by atoms with Crippen molar-refractivity contribution in [3.63, 3.8) is 0 Å². The molecule has 0 aliphatic heterocycles. The summed E-state index contributed by atoms with van der Waals surface area (Å²) in [5, 5.41) is 16.2. The Labute approximate surface area is 139 Å². The van der Waals surface area contributed by atoms with Gasteiger partial charge in [-0.15, -0.1) is 5.10 Å². The van der Waals surface area contributed by atoms with Crippen LogP contribution in [0.15, 0.2) is 24.5 Å². The lowest BCUT2D eigenvalue weighted by atomic mass is 10.2. The molecule has 0 fully saturated rings. The van der Waals surface area contributed by atoms with E-state index in [9.17, 15) is 22.8 Å². The molecular weight excluding hydrogens is 343 g/mol. The van der Waals surface area contributed by atoms with Gasteiger partial charge in [-0.05, 0) is 26.0 Å². The van der Waals surface area contributed by atoms with Crippen LogP contribution in [0.1, 0.15) is 29.9 Å². The first-order valence-electron chi connectivity index (χ1n) is 7.08. The molecule has 0 aliphatic carbocycles. The van der Waals surface area contributed by atoms with E-state index in [1.165, 1.54) is 6.20 Å². The maximum Gasteiger partial charge on any atom is 0.417 e. The average Bonchev–Trinajstić information content (AvgIpc) is 3.01. The smallest absolute Gasteiger partial charge is 0.417 e. The van der Waals surface area contributed by atoms with Gasteiger partial charge in [0.15, 0.2) is 11.5 Å². The Balaban J connectivity index is 2.24. The monoisotopic (exact) mass is 357 g/mol. The molecule has 1 amide bonds. The molecule has 0 unspecified atom stereocenters. The lowest BCUT2D eigenvalue weighted by Crippen LogP contribution is -2.40. The van der Waals surface area contributed by atoms with Gasteiger partial charge in [0, 0.05) is 12.2 Å². The van der Waals surface area contributed by atoms with E-state index in [4.69, 9.17) is 5.11 Å². The highest BCUT2D eigenvalue weighted by molar-refractivity contribution is 5.94. The fourth-order valence-electron chi connectivity index (χ4n) is 1.94. The predicted octanol–water partition coefficient (Wildman–Crippen LogP) is 1.62. The molecule has 0 atom stereocenters. The maximum absolute atomic E-state index is 12.5. The zero-order chi connectivity index (χ0) is 18.8. The molecule has 11 heteroatoms. The van der Waals surface area contributed by atoms with E-state index in [0.717, 1.165) is 21.7 Å². The number of hydrogen-bond acceptors (Lipinski definition) is 5. The number of aliphatic carboxylic acids is 1. The summed E-state index contributed by atoms with van der Waals surface area (Å²) >= 11 is 0. The molecule has 8 nitrogen and oxygen atoms in total. The molecule has 0 aliphatic rings. The molecular formula is C14H14F3N5O3. The van der Waals surface area contributed by atoms with E-state index < -0.39 is 36.2 Å². The molecule has 25 heavy (non-hydrogen) atoms. The quantitative estimate of drug-likeness (QED) is 0.873. The number of halogens is 3. The van der Waals surface area contributed by atoms with Crippen molar-refractivity contribution in [3.8, 4) is 5.82 Å². The van der Waals surface area contributed by atoms with Crippen molar-refractivity contribution in [2.24, 2.45) is 0 Å². The maximum atomic E-state index is 12.5. The van der Waals surface area contributed by atoms with Gasteiger partial charge in [0.25, 0.3) is 5.91 Å². The summed E-state index contributed by atoms with van der Waals surface area (Å²) in [6, 6.07) is 1.53. The second kappa shape index (κ2) is 6.87. The summed E-state index contributed by atoms with van der Waals surface area (Å²) in [7, 11) is 0. The van der Waals surface area contributed by atoms with Crippen LogP contribution in [0, 0.1) is 0 Å². The Bertz CT molecular complexity index is 771. The number of carbonyl (C=O) groups excluding carboxylic acids is 1. The van der Waals surface area contributed by atoms with Crippen molar-refractivity contribution in [3.05, 3.63) is 35.8 Å². The molecule has 2 aromatic rings. The van der Waals surface area contributed by atoms with Gasteiger partial charge in [-0.2, -0.15) is 13.2 Å². The molecule has 0 saturated heterocycles. The van der Waals surface area contributed by atoms with E-state index >= 15 is 0 Å². The van der Waals surface area contributed by atoms with Crippen LogP contribution in [0.2, 0.25) is 0 Å². The average molecular weight is 357 g/mol. The first kappa shape index (κ1) is 18.4. The second-order valence-corrected chi connectivity index (χ2v) is 5.37. The summed E-state index contributed by atoms with van der Waals surface area (Å²) < 4.78 is 38.6. The lowest BCUT2D eigenvalue weighted by molar-refractivity contribution is -0.138. The standard InChI is InChI=1S/C14H14F3N5O3/c1-8(2)21(7-12(23)24)13(25)10-6-22(20-19-10)11-4-3-9(5-18-11)14(15,16)17/h3-6,8H,7H2,1-2H3,(H,23,24). The van der Waals surface area contributed by atoms with Crippen LogP contribution in [-0.4, -0.2) is 54.4 Å². The molecule has 134 valence electrons. The van der Waals surface area contributed by atoms with E-state index in [0.29, 0.717) is 6.20 Å². The number of hydrogen-bond donors (Lipinski definition) is 1. The fourth-order valence-corrected chi connectivity index (χ4v) is 1.94. The van der Waals surface area contributed by atoms with E-state index in [1.807, 2.05) is 0 Å². The minimum absolute atomic E-state index is 0.0360. The number of carbonyl (C=O) groups is 2. The second-order valence-electron chi connectivity index (χ2n) is 5.37. The number of alkyl halides is 3. The first-order chi connectivity index (χ1) is 11.6. The topological polar surface area (TPSA) is 101 Å². The molecule has 2 rings (SSSR count). The van der Waals surface area contributed by atoms with Gasteiger partial charge in [-0.3, -0.25) is 9.59 Å². The van der Waals surface area contributed by atoms with Gasteiger partial charge in [0.05, 0.1) is 11.8 Å². The molecule has 2 heterocycles. The van der Waals surface area contributed by atoms with Crippen molar-refractivity contribution in [2.45, 2.75) is 26.1 Å². The number of nitrogens with zero attached hydrogens (tertiary/aromatic N) is 5. The molecule has 0 spiro atoms. The van der Waals surface area contributed by atoms with E-state index in [-0.39, 0.29) is 11.5 Å². The Morgan fingerprint density at radius 2 is 2.00 bits per heavy atom. The third-order valence-electron chi connectivity index (χ3n) is 3.21. The predicted molar refractivity (Wildman–Crippen MR) is 78.0 cm³/mol. The van der Waals surface area contributed by atoms with Gasteiger partial charge in [0.2, 0.25) is 0 Å². The summed E-state index contributed by atoms with van der Waals surface area (Å²) in [5.41, 5.74) is -1.06. The third-order valence-corrected chi connectivity index (χ3v) is 3.21. The zero-order valence-electron chi connectivity index (χ0n) is 13.2. The van der Waals surface area contributed by atoms with Gasteiger partial charge in [-0.25, -0.2) is 9.67 Å². The number of carboxylic acids is 1. The Morgan fingerprint density at radius 1 is 1.32 bits per heavy atom. The van der Waals surface area contributed by atoms with Crippen LogP contribution in [0.5, 0.6) is 0 Å². The third kappa shape index (κ3) is 4.31. The van der Waals surface area contributed by atoms with Crippen molar-refractivity contribution in [1.29, 1.82) is 0 Å². The van der Waals surface area contributed by atoms with Gasteiger partial charge in [0.1, 0.15) is 6.54 Å². The molecule has 0 radical (unpaired) electrons.